The van der Waals surface area contributed by atoms with Crippen molar-refractivity contribution in [3.8, 4) is 0 Å². The van der Waals surface area contributed by atoms with Gasteiger partial charge in [0.25, 0.3) is 0 Å². The lowest BCUT2D eigenvalue weighted by Crippen LogP contribution is -2.32. The monoisotopic (exact) mass is 234 g/mol. The van der Waals surface area contributed by atoms with E-state index in [1.54, 1.807) is 0 Å². The molecule has 0 amide bonds. The Morgan fingerprint density at radius 1 is 1.47 bits per heavy atom. The summed E-state index contributed by atoms with van der Waals surface area (Å²) in [6.45, 7) is 9.95. The highest BCUT2D eigenvalue weighted by atomic mass is 16.3. The molecule has 1 N–H and O–H groups in total. The predicted molar refractivity (Wildman–Crippen MR) is 68.6 cm³/mol. The van der Waals surface area contributed by atoms with Gasteiger partial charge in [0, 0.05) is 6.42 Å². The van der Waals surface area contributed by atoms with Gasteiger partial charge in [-0.25, -0.2) is 0 Å². The van der Waals surface area contributed by atoms with Crippen molar-refractivity contribution in [2.75, 3.05) is 0 Å². The Kier molecular flexibility index (Phi) is 3.03. The van der Waals surface area contributed by atoms with E-state index >= 15 is 0 Å². The van der Waals surface area contributed by atoms with Crippen LogP contribution in [0.5, 0.6) is 0 Å². The number of Topliss-reactive ketones (excluding diaryl/α,β-unsaturated/α-hetero) is 1. The van der Waals surface area contributed by atoms with Crippen LogP contribution >= 0.6 is 0 Å². The van der Waals surface area contributed by atoms with Gasteiger partial charge in [-0.3, -0.25) is 4.79 Å². The number of fused-ring (bicyclic) bond motifs is 1. The van der Waals surface area contributed by atoms with Crippen LogP contribution < -0.4 is 0 Å². The lowest BCUT2D eigenvalue weighted by atomic mass is 9.81. The van der Waals surface area contributed by atoms with Crippen LogP contribution in [0.4, 0.5) is 0 Å². The molecule has 17 heavy (non-hydrogen) atoms. The van der Waals surface area contributed by atoms with Crippen molar-refractivity contribution >= 4 is 5.78 Å². The lowest BCUT2D eigenvalue weighted by Gasteiger charge is -2.29. The maximum absolute atomic E-state index is 12.1. The molecule has 0 heterocycles. The summed E-state index contributed by atoms with van der Waals surface area (Å²) in [5.74, 6) is 0.706. The standard InChI is InChI=1S/C15H22O2/c1-9(2)12-8-13-11(5-6-15(13,4)17)10(3)7-14(12)16/h11,13,17H,3,5-8H2,1-2,4H3/t11-,13+,15-/m0/s1. The fourth-order valence-electron chi connectivity index (χ4n) is 3.38. The van der Waals surface area contributed by atoms with E-state index < -0.39 is 5.60 Å². The van der Waals surface area contributed by atoms with Crippen LogP contribution in [0.25, 0.3) is 0 Å². The Bertz CT molecular complexity index is 397. The summed E-state index contributed by atoms with van der Waals surface area (Å²) < 4.78 is 0. The average Bonchev–Trinajstić information content (AvgIpc) is 2.41. The summed E-state index contributed by atoms with van der Waals surface area (Å²) in [5.41, 5.74) is 2.39. The van der Waals surface area contributed by atoms with Crippen LogP contribution in [0.15, 0.2) is 23.3 Å². The average molecular weight is 234 g/mol. The zero-order chi connectivity index (χ0) is 12.8. The van der Waals surface area contributed by atoms with Gasteiger partial charge in [0.05, 0.1) is 5.60 Å². The summed E-state index contributed by atoms with van der Waals surface area (Å²) in [5, 5.41) is 10.4. The Labute approximate surface area is 103 Å². The second kappa shape index (κ2) is 4.09. The minimum absolute atomic E-state index is 0.173. The molecule has 2 rings (SSSR count). The molecule has 2 aliphatic carbocycles. The number of carbonyl (C=O) groups is 1. The van der Waals surface area contributed by atoms with Gasteiger partial charge in [-0.2, -0.15) is 0 Å². The zero-order valence-corrected chi connectivity index (χ0v) is 11.0. The first-order chi connectivity index (χ1) is 7.83. The molecule has 2 nitrogen and oxygen atoms in total. The predicted octanol–water partition coefficient (Wildman–Crippen LogP) is 3.02. The van der Waals surface area contributed by atoms with Crippen LogP contribution in [0.1, 0.15) is 46.5 Å². The van der Waals surface area contributed by atoms with Gasteiger partial charge in [0.2, 0.25) is 0 Å². The summed E-state index contributed by atoms with van der Waals surface area (Å²) in [7, 11) is 0. The zero-order valence-electron chi connectivity index (χ0n) is 11.0. The SMILES string of the molecule is C=C1CC(=O)C(=C(C)C)C[C@@H]2[C@H]1CC[C@]2(C)O. The lowest BCUT2D eigenvalue weighted by molar-refractivity contribution is -0.115. The van der Waals surface area contributed by atoms with Gasteiger partial charge < -0.3 is 5.11 Å². The highest BCUT2D eigenvalue weighted by Crippen LogP contribution is 2.49. The minimum Gasteiger partial charge on any atom is -0.390 e. The molecule has 0 aromatic carbocycles. The van der Waals surface area contributed by atoms with Crippen molar-refractivity contribution in [3.63, 3.8) is 0 Å². The molecular formula is C15H22O2. The number of hydrogen-bond donors (Lipinski definition) is 1. The summed E-state index contributed by atoms with van der Waals surface area (Å²) in [6.07, 6.45) is 2.99. The van der Waals surface area contributed by atoms with Gasteiger partial charge in [-0.15, -0.1) is 0 Å². The minimum atomic E-state index is -0.640. The largest absolute Gasteiger partial charge is 0.390 e. The Morgan fingerprint density at radius 2 is 2.12 bits per heavy atom. The normalized spacial score (nSPS) is 38.0. The third-order valence-corrected chi connectivity index (χ3v) is 4.52. The maximum Gasteiger partial charge on any atom is 0.162 e. The van der Waals surface area contributed by atoms with Gasteiger partial charge in [0.15, 0.2) is 5.78 Å². The van der Waals surface area contributed by atoms with Gasteiger partial charge >= 0.3 is 0 Å². The first-order valence-corrected chi connectivity index (χ1v) is 6.42. The molecule has 94 valence electrons. The fraction of sp³-hybridized carbons (Fsp3) is 0.667. The maximum atomic E-state index is 12.1. The van der Waals surface area contributed by atoms with Gasteiger partial charge in [0.1, 0.15) is 0 Å². The molecule has 2 fully saturated rings. The number of ketones is 1. The second-order valence-corrected chi connectivity index (χ2v) is 6.05. The molecule has 2 saturated carbocycles. The van der Waals surface area contributed by atoms with Crippen molar-refractivity contribution < 1.29 is 9.90 Å². The van der Waals surface area contributed by atoms with Crippen molar-refractivity contribution in [3.05, 3.63) is 23.3 Å². The smallest absolute Gasteiger partial charge is 0.162 e. The van der Waals surface area contributed by atoms with Crippen LogP contribution in [0.3, 0.4) is 0 Å². The Morgan fingerprint density at radius 3 is 2.71 bits per heavy atom. The number of aliphatic hydroxyl groups is 1. The molecule has 0 aromatic rings. The van der Waals surface area contributed by atoms with Gasteiger partial charge in [-0.1, -0.05) is 17.7 Å². The number of hydrogen-bond acceptors (Lipinski definition) is 2. The van der Waals surface area contributed by atoms with E-state index in [0.717, 1.165) is 36.0 Å². The van der Waals surface area contributed by atoms with E-state index in [1.807, 2.05) is 20.8 Å². The van der Waals surface area contributed by atoms with Crippen molar-refractivity contribution in [2.24, 2.45) is 11.8 Å². The molecule has 3 atom stereocenters. The van der Waals surface area contributed by atoms with E-state index in [1.165, 1.54) is 0 Å². The molecule has 0 aliphatic heterocycles. The third kappa shape index (κ3) is 2.11. The topological polar surface area (TPSA) is 37.3 Å². The van der Waals surface area contributed by atoms with Crippen LogP contribution in [-0.4, -0.2) is 16.5 Å². The molecule has 2 heteroatoms. The Hall–Kier alpha value is -0.890. The molecule has 0 bridgehead atoms. The molecular weight excluding hydrogens is 212 g/mol. The highest BCUT2D eigenvalue weighted by molar-refractivity contribution is 5.98. The summed E-state index contributed by atoms with van der Waals surface area (Å²) >= 11 is 0. The summed E-state index contributed by atoms with van der Waals surface area (Å²) in [6, 6.07) is 0. The van der Waals surface area contributed by atoms with E-state index in [2.05, 4.69) is 6.58 Å². The van der Waals surface area contributed by atoms with Crippen LogP contribution in [-0.2, 0) is 4.79 Å². The van der Waals surface area contributed by atoms with Crippen molar-refractivity contribution in [2.45, 2.75) is 52.1 Å². The number of rotatable bonds is 0. The van der Waals surface area contributed by atoms with Crippen molar-refractivity contribution in [1.82, 2.24) is 0 Å². The summed E-state index contributed by atoms with van der Waals surface area (Å²) in [4.78, 5) is 12.1. The van der Waals surface area contributed by atoms with E-state index in [0.29, 0.717) is 12.3 Å². The first kappa shape index (κ1) is 12.6. The molecule has 0 aromatic heterocycles. The van der Waals surface area contributed by atoms with E-state index in [9.17, 15) is 9.90 Å². The fourth-order valence-corrected chi connectivity index (χ4v) is 3.38. The second-order valence-electron chi connectivity index (χ2n) is 6.05. The van der Waals surface area contributed by atoms with Gasteiger partial charge in [-0.05, 0) is 57.4 Å². The van der Waals surface area contributed by atoms with Crippen LogP contribution in [0, 0.1) is 11.8 Å². The molecule has 0 spiro atoms. The number of carbonyl (C=O) groups excluding carboxylic acids is 1. The number of allylic oxidation sites excluding steroid dienone is 3. The third-order valence-electron chi connectivity index (χ3n) is 4.52. The van der Waals surface area contributed by atoms with E-state index in [-0.39, 0.29) is 11.7 Å². The Balaban J connectivity index is 2.40. The van der Waals surface area contributed by atoms with Crippen LogP contribution in [0.2, 0.25) is 0 Å². The molecule has 0 unspecified atom stereocenters. The van der Waals surface area contributed by atoms with E-state index in [4.69, 9.17) is 0 Å². The molecule has 2 aliphatic rings. The molecule has 0 saturated heterocycles. The highest BCUT2D eigenvalue weighted by Gasteiger charge is 2.47. The first-order valence-electron chi connectivity index (χ1n) is 6.42. The molecule has 0 radical (unpaired) electrons. The van der Waals surface area contributed by atoms with Crippen molar-refractivity contribution in [1.29, 1.82) is 0 Å². The quantitative estimate of drug-likeness (QED) is 0.517.